The van der Waals surface area contributed by atoms with Gasteiger partial charge in [0.25, 0.3) is 0 Å². The van der Waals surface area contributed by atoms with Gasteiger partial charge in [0.2, 0.25) is 0 Å². The number of aliphatic carboxylic acids is 1. The Morgan fingerprint density at radius 3 is 2.15 bits per heavy atom. The van der Waals surface area contributed by atoms with Crippen LogP contribution in [0.25, 0.3) is 0 Å². The van der Waals surface area contributed by atoms with E-state index in [1.807, 2.05) is 13.8 Å². The smallest absolute Gasteiger partial charge is 0.333 e. The third kappa shape index (κ3) is 7.12. The summed E-state index contributed by atoms with van der Waals surface area (Å²) in [4.78, 5) is 22.7. The molecule has 0 unspecified atom stereocenters. The molecule has 0 aromatic heterocycles. The number of hydrogen-bond donors (Lipinski definition) is 1. The molecule has 4 heteroatoms. The summed E-state index contributed by atoms with van der Waals surface area (Å²) in [6.07, 6.45) is 5.01. The molecule has 0 aliphatic rings. The van der Waals surface area contributed by atoms with Crippen molar-refractivity contribution in [3.63, 3.8) is 0 Å². The zero-order chi connectivity index (χ0) is 15.5. The van der Waals surface area contributed by atoms with Gasteiger partial charge in [0.1, 0.15) is 6.61 Å². The molecular weight excluding hydrogens is 256 g/mol. The highest BCUT2D eigenvalue weighted by atomic mass is 16.5. The molecule has 0 bridgehead atoms. The Morgan fingerprint density at radius 2 is 1.65 bits per heavy atom. The first-order valence-electron chi connectivity index (χ1n) is 7.20. The quantitative estimate of drug-likeness (QED) is 0.488. The lowest BCUT2D eigenvalue weighted by Gasteiger charge is -2.11. The van der Waals surface area contributed by atoms with Crippen molar-refractivity contribution < 1.29 is 19.4 Å². The van der Waals surface area contributed by atoms with Crippen molar-refractivity contribution in [3.8, 4) is 0 Å². The van der Waals surface area contributed by atoms with Crippen molar-refractivity contribution in [2.45, 2.75) is 59.3 Å². The molecule has 0 aliphatic carbocycles. The standard InChI is InChI=1S/C16H26O4/c1-5-7-9-12(3)16(19)20-11-14(10-8-6-2)13(4)15(17)18/h3,5-11H2,1-2,4H3,(H,17,18). The SMILES string of the molecule is C=C(CCCC)C(=O)OCC(CCCC)=C(C)C(=O)O. The summed E-state index contributed by atoms with van der Waals surface area (Å²) in [6, 6.07) is 0. The molecular formula is C16H26O4. The molecule has 0 saturated carbocycles. The van der Waals surface area contributed by atoms with Crippen LogP contribution in [-0.2, 0) is 14.3 Å². The second-order valence-corrected chi connectivity index (χ2v) is 4.92. The van der Waals surface area contributed by atoms with Crippen LogP contribution in [-0.4, -0.2) is 23.7 Å². The Morgan fingerprint density at radius 1 is 1.10 bits per heavy atom. The van der Waals surface area contributed by atoms with Crippen LogP contribution in [0.1, 0.15) is 59.3 Å². The van der Waals surface area contributed by atoms with Gasteiger partial charge in [0.15, 0.2) is 0 Å². The molecule has 114 valence electrons. The summed E-state index contributed by atoms with van der Waals surface area (Å²) < 4.78 is 5.17. The Balaban J connectivity index is 4.54. The number of esters is 1. The van der Waals surface area contributed by atoms with E-state index in [0.717, 1.165) is 25.7 Å². The molecule has 1 N–H and O–H groups in total. The van der Waals surface area contributed by atoms with E-state index in [9.17, 15) is 9.59 Å². The Bertz CT molecular complexity index is 380. The Hall–Kier alpha value is -1.58. The van der Waals surface area contributed by atoms with Crippen LogP contribution >= 0.6 is 0 Å². The van der Waals surface area contributed by atoms with Crippen LogP contribution in [0, 0.1) is 0 Å². The molecule has 0 atom stereocenters. The highest BCUT2D eigenvalue weighted by Crippen LogP contribution is 2.15. The van der Waals surface area contributed by atoms with E-state index < -0.39 is 11.9 Å². The largest absolute Gasteiger partial charge is 0.478 e. The van der Waals surface area contributed by atoms with Crippen molar-refractivity contribution in [3.05, 3.63) is 23.3 Å². The van der Waals surface area contributed by atoms with Crippen LogP contribution in [0.3, 0.4) is 0 Å². The van der Waals surface area contributed by atoms with E-state index in [1.165, 1.54) is 0 Å². The number of carboxylic acids is 1. The van der Waals surface area contributed by atoms with E-state index in [4.69, 9.17) is 9.84 Å². The third-order valence-corrected chi connectivity index (χ3v) is 3.18. The van der Waals surface area contributed by atoms with Crippen LogP contribution in [0.2, 0.25) is 0 Å². The molecule has 0 aromatic carbocycles. The van der Waals surface area contributed by atoms with E-state index in [2.05, 4.69) is 6.58 Å². The zero-order valence-corrected chi connectivity index (χ0v) is 12.8. The maximum atomic E-state index is 11.7. The topological polar surface area (TPSA) is 63.6 Å². The maximum Gasteiger partial charge on any atom is 0.333 e. The molecule has 0 heterocycles. The fraction of sp³-hybridized carbons (Fsp3) is 0.625. The summed E-state index contributed by atoms with van der Waals surface area (Å²) >= 11 is 0. The van der Waals surface area contributed by atoms with Gasteiger partial charge in [0, 0.05) is 11.1 Å². The molecule has 4 nitrogen and oxygen atoms in total. The molecule has 0 amide bonds. The van der Waals surface area contributed by atoms with E-state index in [1.54, 1.807) is 6.92 Å². The fourth-order valence-corrected chi connectivity index (χ4v) is 1.66. The van der Waals surface area contributed by atoms with Crippen molar-refractivity contribution in [2.24, 2.45) is 0 Å². The molecule has 0 spiro atoms. The van der Waals surface area contributed by atoms with Crippen LogP contribution < -0.4 is 0 Å². The minimum atomic E-state index is -0.961. The molecule has 0 saturated heterocycles. The maximum absolute atomic E-state index is 11.7. The molecule has 0 aromatic rings. The number of carbonyl (C=O) groups is 2. The minimum absolute atomic E-state index is 0.0438. The first-order valence-corrected chi connectivity index (χ1v) is 7.20. The van der Waals surface area contributed by atoms with Gasteiger partial charge in [-0.2, -0.15) is 0 Å². The molecule has 0 aliphatic heterocycles. The monoisotopic (exact) mass is 282 g/mol. The fourth-order valence-electron chi connectivity index (χ4n) is 1.66. The third-order valence-electron chi connectivity index (χ3n) is 3.18. The zero-order valence-electron chi connectivity index (χ0n) is 12.8. The lowest BCUT2D eigenvalue weighted by atomic mass is 10.0. The van der Waals surface area contributed by atoms with Crippen molar-refractivity contribution >= 4 is 11.9 Å². The number of unbranched alkanes of at least 4 members (excludes halogenated alkanes) is 2. The summed E-state index contributed by atoms with van der Waals surface area (Å²) in [6.45, 7) is 9.37. The van der Waals surface area contributed by atoms with Crippen LogP contribution in [0.4, 0.5) is 0 Å². The van der Waals surface area contributed by atoms with Gasteiger partial charge >= 0.3 is 11.9 Å². The molecule has 0 rings (SSSR count). The van der Waals surface area contributed by atoms with E-state index in [-0.39, 0.29) is 12.2 Å². The van der Waals surface area contributed by atoms with Crippen molar-refractivity contribution in [2.75, 3.05) is 6.61 Å². The minimum Gasteiger partial charge on any atom is -0.478 e. The molecule has 20 heavy (non-hydrogen) atoms. The van der Waals surface area contributed by atoms with Gasteiger partial charge in [0.05, 0.1) is 0 Å². The van der Waals surface area contributed by atoms with Crippen LogP contribution in [0.5, 0.6) is 0 Å². The summed E-state index contributed by atoms with van der Waals surface area (Å²) in [5, 5.41) is 9.03. The summed E-state index contributed by atoms with van der Waals surface area (Å²) in [5.74, 6) is -1.39. The van der Waals surface area contributed by atoms with Crippen LogP contribution in [0.15, 0.2) is 23.3 Å². The Kier molecular flexibility index (Phi) is 9.43. The average molecular weight is 282 g/mol. The second-order valence-electron chi connectivity index (χ2n) is 4.92. The molecule has 0 fully saturated rings. The summed E-state index contributed by atoms with van der Waals surface area (Å²) in [7, 11) is 0. The molecule has 0 radical (unpaired) electrons. The lowest BCUT2D eigenvalue weighted by Crippen LogP contribution is -2.13. The van der Waals surface area contributed by atoms with Gasteiger partial charge in [-0.3, -0.25) is 0 Å². The van der Waals surface area contributed by atoms with Gasteiger partial charge in [-0.15, -0.1) is 0 Å². The predicted octanol–water partition coefficient (Wildman–Crippen LogP) is 3.87. The normalized spacial score (nSPS) is 11.8. The van der Waals surface area contributed by atoms with Gasteiger partial charge in [-0.25, -0.2) is 9.59 Å². The van der Waals surface area contributed by atoms with E-state index in [0.29, 0.717) is 24.0 Å². The number of ether oxygens (including phenoxy) is 1. The number of hydrogen-bond acceptors (Lipinski definition) is 3. The van der Waals surface area contributed by atoms with E-state index >= 15 is 0 Å². The highest BCUT2D eigenvalue weighted by Gasteiger charge is 2.13. The number of rotatable bonds is 10. The second kappa shape index (κ2) is 10.2. The first kappa shape index (κ1) is 18.4. The van der Waals surface area contributed by atoms with Gasteiger partial charge in [-0.05, 0) is 38.2 Å². The van der Waals surface area contributed by atoms with Crippen molar-refractivity contribution in [1.82, 2.24) is 0 Å². The van der Waals surface area contributed by atoms with Crippen molar-refractivity contribution in [1.29, 1.82) is 0 Å². The number of carbonyl (C=O) groups excluding carboxylic acids is 1. The lowest BCUT2D eigenvalue weighted by molar-refractivity contribution is -0.138. The first-order chi connectivity index (χ1) is 9.43. The highest BCUT2D eigenvalue weighted by molar-refractivity contribution is 5.88. The summed E-state index contributed by atoms with van der Waals surface area (Å²) in [5.41, 5.74) is 1.40. The Labute approximate surface area is 121 Å². The van der Waals surface area contributed by atoms with Gasteiger partial charge in [-0.1, -0.05) is 33.3 Å². The number of carboxylic acid groups (broad SMARTS) is 1. The average Bonchev–Trinajstić information content (AvgIpc) is 2.43. The van der Waals surface area contributed by atoms with Gasteiger partial charge < -0.3 is 9.84 Å². The predicted molar refractivity (Wildman–Crippen MR) is 79.5 cm³/mol.